The lowest BCUT2D eigenvalue weighted by Gasteiger charge is -2.20. The highest BCUT2D eigenvalue weighted by Gasteiger charge is 2.35. The molecule has 1 N–H and O–H groups in total. The van der Waals surface area contributed by atoms with E-state index in [4.69, 9.17) is 5.11 Å². The Balaban J connectivity index is 2.16. The van der Waals surface area contributed by atoms with Crippen molar-refractivity contribution in [1.82, 2.24) is 14.9 Å². The molecule has 0 radical (unpaired) electrons. The van der Waals surface area contributed by atoms with Crippen LogP contribution in [0, 0.1) is 6.92 Å². The van der Waals surface area contributed by atoms with Gasteiger partial charge in [0.15, 0.2) is 0 Å². The topological polar surface area (TPSA) is 83.4 Å². The molecule has 2 rings (SSSR count). The lowest BCUT2D eigenvalue weighted by Crippen LogP contribution is -2.38. The Labute approximate surface area is 98.3 Å². The maximum Gasteiger partial charge on any atom is 0.326 e. The fourth-order valence-electron chi connectivity index (χ4n) is 1.96. The Morgan fingerprint density at radius 3 is 3.06 bits per heavy atom. The summed E-state index contributed by atoms with van der Waals surface area (Å²) in [5, 5.41) is 9.01. The Bertz CT molecular complexity index is 461. The number of rotatable bonds is 3. The van der Waals surface area contributed by atoms with Crippen molar-refractivity contribution in [1.29, 1.82) is 0 Å². The van der Waals surface area contributed by atoms with Crippen LogP contribution in [0.3, 0.4) is 0 Å². The van der Waals surface area contributed by atoms with Gasteiger partial charge in [-0.25, -0.2) is 14.8 Å². The molecule has 1 aliphatic heterocycles. The summed E-state index contributed by atoms with van der Waals surface area (Å²) >= 11 is 0. The summed E-state index contributed by atoms with van der Waals surface area (Å²) in [5.74, 6) is -0.476. The number of aryl methyl sites for hydroxylation is 1. The minimum Gasteiger partial charge on any atom is -0.480 e. The molecule has 17 heavy (non-hydrogen) atoms. The molecule has 0 aromatic carbocycles. The number of aromatic nitrogens is 2. The van der Waals surface area contributed by atoms with Crippen LogP contribution in [0.4, 0.5) is 0 Å². The standard InChI is InChI=1S/C11H13N3O3/c1-7-12-5-4-8(13-7)6-14-9(11(16)17)2-3-10(14)15/h4-5,9H,2-3,6H2,1H3,(H,16,17). The van der Waals surface area contributed by atoms with Crippen LogP contribution >= 0.6 is 0 Å². The first kappa shape index (κ1) is 11.5. The van der Waals surface area contributed by atoms with Gasteiger partial charge in [-0.1, -0.05) is 0 Å². The molecule has 1 amide bonds. The summed E-state index contributed by atoms with van der Waals surface area (Å²) in [6.45, 7) is 1.99. The van der Waals surface area contributed by atoms with Crippen LogP contribution in [0.2, 0.25) is 0 Å². The normalized spacial score (nSPS) is 19.7. The smallest absolute Gasteiger partial charge is 0.326 e. The first-order valence-electron chi connectivity index (χ1n) is 5.38. The number of hydrogen-bond donors (Lipinski definition) is 1. The van der Waals surface area contributed by atoms with E-state index in [-0.39, 0.29) is 12.5 Å². The van der Waals surface area contributed by atoms with Crippen LogP contribution in [-0.2, 0) is 16.1 Å². The maximum absolute atomic E-state index is 11.6. The first-order valence-corrected chi connectivity index (χ1v) is 5.38. The van der Waals surface area contributed by atoms with Gasteiger partial charge in [0.25, 0.3) is 0 Å². The molecule has 1 aliphatic rings. The van der Waals surface area contributed by atoms with Crippen LogP contribution in [0.25, 0.3) is 0 Å². The largest absolute Gasteiger partial charge is 0.480 e. The lowest BCUT2D eigenvalue weighted by molar-refractivity contribution is -0.146. The molecular formula is C11H13N3O3. The molecule has 2 heterocycles. The van der Waals surface area contributed by atoms with E-state index in [1.54, 1.807) is 19.2 Å². The molecule has 1 unspecified atom stereocenters. The molecule has 0 aliphatic carbocycles. The molecule has 6 nitrogen and oxygen atoms in total. The molecule has 0 saturated carbocycles. The van der Waals surface area contributed by atoms with E-state index in [1.165, 1.54) is 4.90 Å². The van der Waals surface area contributed by atoms with Crippen molar-refractivity contribution in [2.24, 2.45) is 0 Å². The highest BCUT2D eigenvalue weighted by atomic mass is 16.4. The third-order valence-electron chi connectivity index (χ3n) is 2.78. The van der Waals surface area contributed by atoms with Gasteiger partial charge in [0.2, 0.25) is 5.91 Å². The van der Waals surface area contributed by atoms with Gasteiger partial charge in [-0.2, -0.15) is 0 Å². The molecule has 1 saturated heterocycles. The molecule has 90 valence electrons. The second kappa shape index (κ2) is 4.48. The number of aliphatic carboxylic acids is 1. The second-order valence-electron chi connectivity index (χ2n) is 4.01. The SMILES string of the molecule is Cc1nccc(CN2C(=O)CCC2C(=O)O)n1. The average Bonchev–Trinajstić information content (AvgIpc) is 2.61. The number of carboxylic acid groups (broad SMARTS) is 1. The third kappa shape index (κ3) is 2.41. The van der Waals surface area contributed by atoms with Crippen molar-refractivity contribution in [2.45, 2.75) is 32.4 Å². The van der Waals surface area contributed by atoms with Gasteiger partial charge < -0.3 is 10.0 Å². The highest BCUT2D eigenvalue weighted by Crippen LogP contribution is 2.20. The van der Waals surface area contributed by atoms with Crippen LogP contribution in [0.1, 0.15) is 24.4 Å². The minimum atomic E-state index is -0.957. The summed E-state index contributed by atoms with van der Waals surface area (Å²) < 4.78 is 0. The number of carbonyl (C=O) groups excluding carboxylic acids is 1. The van der Waals surface area contributed by atoms with E-state index in [2.05, 4.69) is 9.97 Å². The number of carboxylic acids is 1. The number of likely N-dealkylation sites (tertiary alicyclic amines) is 1. The predicted molar refractivity (Wildman–Crippen MR) is 58.0 cm³/mol. The summed E-state index contributed by atoms with van der Waals surface area (Å²) in [5.41, 5.74) is 0.666. The van der Waals surface area contributed by atoms with Crippen molar-refractivity contribution in [2.75, 3.05) is 0 Å². The summed E-state index contributed by atoms with van der Waals surface area (Å²) in [6, 6.07) is 0.968. The number of carbonyl (C=O) groups is 2. The average molecular weight is 235 g/mol. The van der Waals surface area contributed by atoms with Crippen LogP contribution < -0.4 is 0 Å². The molecule has 1 aromatic heterocycles. The Hall–Kier alpha value is -1.98. The molecule has 1 fully saturated rings. The van der Waals surface area contributed by atoms with E-state index >= 15 is 0 Å². The van der Waals surface area contributed by atoms with Gasteiger partial charge in [0.05, 0.1) is 12.2 Å². The van der Waals surface area contributed by atoms with Crippen molar-refractivity contribution in [3.8, 4) is 0 Å². The van der Waals surface area contributed by atoms with Crippen molar-refractivity contribution < 1.29 is 14.7 Å². The van der Waals surface area contributed by atoms with E-state index < -0.39 is 12.0 Å². The first-order chi connectivity index (χ1) is 8.08. The fourth-order valence-corrected chi connectivity index (χ4v) is 1.96. The Morgan fingerprint density at radius 2 is 2.41 bits per heavy atom. The molecule has 6 heteroatoms. The van der Waals surface area contributed by atoms with Crippen molar-refractivity contribution in [3.05, 3.63) is 23.8 Å². The molecule has 0 spiro atoms. The van der Waals surface area contributed by atoms with Crippen molar-refractivity contribution in [3.63, 3.8) is 0 Å². The molecular weight excluding hydrogens is 222 g/mol. The van der Waals surface area contributed by atoms with E-state index in [0.717, 1.165) is 0 Å². The monoisotopic (exact) mass is 235 g/mol. The number of hydrogen-bond acceptors (Lipinski definition) is 4. The second-order valence-corrected chi connectivity index (χ2v) is 4.01. The fraction of sp³-hybridized carbons (Fsp3) is 0.455. The summed E-state index contributed by atoms with van der Waals surface area (Å²) in [4.78, 5) is 32.1. The predicted octanol–water partition coefficient (Wildman–Crippen LogP) is 0.361. The molecule has 1 aromatic rings. The highest BCUT2D eigenvalue weighted by molar-refractivity contribution is 5.87. The maximum atomic E-state index is 11.6. The summed E-state index contributed by atoms with van der Waals surface area (Å²) in [6.07, 6.45) is 2.27. The Kier molecular flexibility index (Phi) is 3.03. The zero-order chi connectivity index (χ0) is 12.4. The summed E-state index contributed by atoms with van der Waals surface area (Å²) in [7, 11) is 0. The lowest BCUT2D eigenvalue weighted by atomic mass is 10.2. The zero-order valence-corrected chi connectivity index (χ0v) is 9.46. The van der Waals surface area contributed by atoms with E-state index in [0.29, 0.717) is 24.4 Å². The third-order valence-corrected chi connectivity index (χ3v) is 2.78. The van der Waals surface area contributed by atoms with Gasteiger partial charge in [0, 0.05) is 12.6 Å². The van der Waals surface area contributed by atoms with Crippen LogP contribution in [0.5, 0.6) is 0 Å². The van der Waals surface area contributed by atoms with Crippen LogP contribution in [0.15, 0.2) is 12.3 Å². The quantitative estimate of drug-likeness (QED) is 0.817. The number of nitrogens with zero attached hydrogens (tertiary/aromatic N) is 3. The van der Waals surface area contributed by atoms with Crippen LogP contribution in [-0.4, -0.2) is 37.9 Å². The van der Waals surface area contributed by atoms with Gasteiger partial charge >= 0.3 is 5.97 Å². The Morgan fingerprint density at radius 1 is 1.65 bits per heavy atom. The van der Waals surface area contributed by atoms with E-state index in [9.17, 15) is 9.59 Å². The van der Waals surface area contributed by atoms with Gasteiger partial charge in [-0.15, -0.1) is 0 Å². The van der Waals surface area contributed by atoms with E-state index in [1.807, 2.05) is 0 Å². The molecule has 1 atom stereocenters. The van der Waals surface area contributed by atoms with Gasteiger partial charge in [-0.05, 0) is 19.4 Å². The molecule has 0 bridgehead atoms. The number of amides is 1. The van der Waals surface area contributed by atoms with Crippen molar-refractivity contribution >= 4 is 11.9 Å². The van der Waals surface area contributed by atoms with Gasteiger partial charge in [0.1, 0.15) is 11.9 Å². The minimum absolute atomic E-state index is 0.131. The zero-order valence-electron chi connectivity index (χ0n) is 9.46. The van der Waals surface area contributed by atoms with Gasteiger partial charge in [-0.3, -0.25) is 4.79 Å².